The third kappa shape index (κ3) is 3.49. The Kier molecular flexibility index (Phi) is 4.37. The van der Waals surface area contributed by atoms with Crippen LogP contribution in [0.4, 0.5) is 5.69 Å². The number of nitrogens with zero attached hydrogens (tertiary/aromatic N) is 2. The van der Waals surface area contributed by atoms with Crippen molar-refractivity contribution in [3.8, 4) is 11.5 Å². The van der Waals surface area contributed by atoms with Gasteiger partial charge >= 0.3 is 0 Å². The summed E-state index contributed by atoms with van der Waals surface area (Å²) in [6, 6.07) is 12.9. The Hall–Kier alpha value is -3.42. The van der Waals surface area contributed by atoms with Crippen LogP contribution >= 0.6 is 0 Å². The lowest BCUT2D eigenvalue weighted by Crippen LogP contribution is -2.42. The number of hydrogen-bond donors (Lipinski definition) is 1. The molecule has 1 aliphatic rings. The molecule has 0 spiro atoms. The largest absolute Gasteiger partial charge is 0.485 e. The molecule has 0 unspecified atom stereocenters. The summed E-state index contributed by atoms with van der Waals surface area (Å²) in [6.45, 7) is 0.0932. The molecule has 1 amide bonds. The molecule has 1 heterocycles. The number of ether oxygens (including phenoxy) is 2. The number of carbonyl (C=O) groups is 1. The van der Waals surface area contributed by atoms with Crippen molar-refractivity contribution < 1.29 is 19.2 Å². The molecule has 0 fully saturated rings. The SMILES string of the molecule is O=C(N/N=C\c1ccc([N+](=O)[O-])cc1)[C@H]1COc2ccccc2O1. The maximum absolute atomic E-state index is 12.0. The highest BCUT2D eigenvalue weighted by atomic mass is 16.6. The van der Waals surface area contributed by atoms with Crippen molar-refractivity contribution in [3.05, 3.63) is 64.2 Å². The van der Waals surface area contributed by atoms with Gasteiger partial charge in [0, 0.05) is 12.1 Å². The molecule has 8 heteroatoms. The van der Waals surface area contributed by atoms with Crippen molar-refractivity contribution in [2.75, 3.05) is 6.61 Å². The predicted molar refractivity (Wildman–Crippen MR) is 85.2 cm³/mol. The second kappa shape index (κ2) is 6.78. The van der Waals surface area contributed by atoms with Gasteiger partial charge in [0.25, 0.3) is 11.6 Å². The molecule has 122 valence electrons. The lowest BCUT2D eigenvalue weighted by Gasteiger charge is -2.24. The Bertz CT molecular complexity index is 789. The molecule has 0 aromatic heterocycles. The minimum atomic E-state index is -0.797. The van der Waals surface area contributed by atoms with E-state index >= 15 is 0 Å². The van der Waals surface area contributed by atoms with Crippen molar-refractivity contribution in [1.29, 1.82) is 0 Å². The van der Waals surface area contributed by atoms with Gasteiger partial charge in [0.1, 0.15) is 6.61 Å². The Morgan fingerprint density at radius 2 is 1.92 bits per heavy atom. The first-order valence-electron chi connectivity index (χ1n) is 7.09. The summed E-state index contributed by atoms with van der Waals surface area (Å²) in [6.07, 6.45) is 0.591. The first kappa shape index (κ1) is 15.5. The number of fused-ring (bicyclic) bond motifs is 1. The lowest BCUT2D eigenvalue weighted by atomic mass is 10.2. The van der Waals surface area contributed by atoms with Crippen LogP contribution in [0.3, 0.4) is 0 Å². The number of para-hydroxylation sites is 2. The zero-order chi connectivity index (χ0) is 16.9. The molecule has 0 bridgehead atoms. The molecule has 8 nitrogen and oxygen atoms in total. The number of hydrazone groups is 1. The van der Waals surface area contributed by atoms with Gasteiger partial charge in [-0.2, -0.15) is 5.10 Å². The quantitative estimate of drug-likeness (QED) is 0.525. The van der Waals surface area contributed by atoms with Crippen molar-refractivity contribution in [2.45, 2.75) is 6.10 Å². The van der Waals surface area contributed by atoms with Gasteiger partial charge < -0.3 is 9.47 Å². The standard InChI is InChI=1S/C16H13N3O5/c20-16(15-10-23-13-3-1-2-4-14(13)24-15)18-17-9-11-5-7-12(8-6-11)19(21)22/h1-9,15H,10H2,(H,18,20)/b17-9-/t15-/m1/s1. The van der Waals surface area contributed by atoms with E-state index < -0.39 is 16.9 Å². The zero-order valence-corrected chi connectivity index (χ0v) is 12.4. The molecule has 0 saturated heterocycles. The predicted octanol–water partition coefficient (Wildman–Crippen LogP) is 1.88. The number of benzene rings is 2. The third-order valence-corrected chi connectivity index (χ3v) is 3.29. The highest BCUT2D eigenvalue weighted by Gasteiger charge is 2.26. The van der Waals surface area contributed by atoms with Crippen LogP contribution in [0.1, 0.15) is 5.56 Å². The van der Waals surface area contributed by atoms with E-state index in [0.29, 0.717) is 17.1 Å². The molecule has 3 rings (SSSR count). The van der Waals surface area contributed by atoms with E-state index in [9.17, 15) is 14.9 Å². The van der Waals surface area contributed by atoms with Gasteiger partial charge in [0.2, 0.25) is 6.10 Å². The van der Waals surface area contributed by atoms with Gasteiger partial charge in [-0.05, 0) is 29.8 Å². The Balaban J connectivity index is 1.57. The van der Waals surface area contributed by atoms with E-state index in [4.69, 9.17) is 9.47 Å². The van der Waals surface area contributed by atoms with Crippen LogP contribution in [-0.2, 0) is 4.79 Å². The summed E-state index contributed by atoms with van der Waals surface area (Å²) < 4.78 is 11.0. The molecular weight excluding hydrogens is 314 g/mol. The lowest BCUT2D eigenvalue weighted by molar-refractivity contribution is -0.384. The molecule has 0 radical (unpaired) electrons. The maximum Gasteiger partial charge on any atom is 0.284 e. The third-order valence-electron chi connectivity index (χ3n) is 3.29. The van der Waals surface area contributed by atoms with E-state index in [1.807, 2.05) is 6.07 Å². The summed E-state index contributed by atoms with van der Waals surface area (Å²) in [7, 11) is 0. The summed E-state index contributed by atoms with van der Waals surface area (Å²) >= 11 is 0. The summed E-state index contributed by atoms with van der Waals surface area (Å²) in [4.78, 5) is 22.1. The minimum absolute atomic E-state index is 0.0115. The van der Waals surface area contributed by atoms with E-state index in [2.05, 4.69) is 10.5 Å². The minimum Gasteiger partial charge on any atom is -0.485 e. The smallest absolute Gasteiger partial charge is 0.284 e. The molecule has 1 aliphatic heterocycles. The molecule has 1 atom stereocenters. The number of carbonyl (C=O) groups excluding carboxylic acids is 1. The second-order valence-corrected chi connectivity index (χ2v) is 4.95. The van der Waals surface area contributed by atoms with Crippen LogP contribution in [0.5, 0.6) is 11.5 Å². The van der Waals surface area contributed by atoms with Crippen LogP contribution in [0.2, 0.25) is 0 Å². The van der Waals surface area contributed by atoms with Crippen LogP contribution < -0.4 is 14.9 Å². The number of hydrogen-bond acceptors (Lipinski definition) is 6. The highest BCUT2D eigenvalue weighted by Crippen LogP contribution is 2.30. The van der Waals surface area contributed by atoms with Gasteiger partial charge in [0.15, 0.2) is 11.5 Å². The summed E-state index contributed by atoms with van der Waals surface area (Å²) in [5, 5.41) is 14.4. The zero-order valence-electron chi connectivity index (χ0n) is 12.4. The highest BCUT2D eigenvalue weighted by molar-refractivity contribution is 5.85. The fourth-order valence-corrected chi connectivity index (χ4v) is 2.07. The van der Waals surface area contributed by atoms with Crippen molar-refractivity contribution in [1.82, 2.24) is 5.43 Å². The summed E-state index contributed by atoms with van der Waals surface area (Å²) in [5.74, 6) is 0.654. The number of non-ortho nitro benzene ring substituents is 1. The fourth-order valence-electron chi connectivity index (χ4n) is 2.07. The number of rotatable bonds is 4. The van der Waals surface area contributed by atoms with E-state index in [0.717, 1.165) is 0 Å². The molecule has 2 aromatic carbocycles. The normalized spacial score (nSPS) is 15.9. The second-order valence-electron chi connectivity index (χ2n) is 4.95. The Labute approximate surface area is 136 Å². The first-order valence-corrected chi connectivity index (χ1v) is 7.09. The van der Waals surface area contributed by atoms with Gasteiger partial charge in [-0.15, -0.1) is 0 Å². The van der Waals surface area contributed by atoms with Gasteiger partial charge in [-0.3, -0.25) is 14.9 Å². The number of nitrogens with one attached hydrogen (secondary N) is 1. The number of nitro groups is 1. The first-order chi connectivity index (χ1) is 11.6. The van der Waals surface area contributed by atoms with Gasteiger partial charge in [-0.1, -0.05) is 12.1 Å². The number of nitro benzene ring substituents is 1. The average molecular weight is 327 g/mol. The van der Waals surface area contributed by atoms with Crippen LogP contribution in [-0.4, -0.2) is 29.8 Å². The molecule has 2 aromatic rings. The molecule has 1 N–H and O–H groups in total. The summed E-state index contributed by atoms with van der Waals surface area (Å²) in [5.41, 5.74) is 2.97. The number of amides is 1. The van der Waals surface area contributed by atoms with Crippen molar-refractivity contribution in [2.24, 2.45) is 5.10 Å². The van der Waals surface area contributed by atoms with Gasteiger partial charge in [-0.25, -0.2) is 5.43 Å². The van der Waals surface area contributed by atoms with E-state index in [-0.39, 0.29) is 12.3 Å². The van der Waals surface area contributed by atoms with Crippen molar-refractivity contribution >= 4 is 17.8 Å². The molecule has 0 saturated carbocycles. The van der Waals surface area contributed by atoms with Crippen LogP contribution in [0.15, 0.2) is 53.6 Å². The maximum atomic E-state index is 12.0. The topological polar surface area (TPSA) is 103 Å². The van der Waals surface area contributed by atoms with E-state index in [1.165, 1.54) is 30.5 Å². The molecule has 0 aliphatic carbocycles. The van der Waals surface area contributed by atoms with Crippen LogP contribution in [0, 0.1) is 10.1 Å². The monoisotopic (exact) mass is 327 g/mol. The molecular formula is C16H13N3O5. The van der Waals surface area contributed by atoms with E-state index in [1.54, 1.807) is 18.2 Å². The fraction of sp³-hybridized carbons (Fsp3) is 0.125. The Morgan fingerprint density at radius 1 is 1.21 bits per heavy atom. The average Bonchev–Trinajstić information content (AvgIpc) is 2.61. The molecule has 24 heavy (non-hydrogen) atoms. The van der Waals surface area contributed by atoms with Crippen molar-refractivity contribution in [3.63, 3.8) is 0 Å². The van der Waals surface area contributed by atoms with Crippen LogP contribution in [0.25, 0.3) is 0 Å². The van der Waals surface area contributed by atoms with Gasteiger partial charge in [0.05, 0.1) is 11.1 Å². The Morgan fingerprint density at radius 3 is 2.62 bits per heavy atom.